The highest BCUT2D eigenvalue weighted by Gasteiger charge is 2.24. The minimum atomic E-state index is -3.62. The Bertz CT molecular complexity index is 731. The van der Waals surface area contributed by atoms with Gasteiger partial charge in [-0.05, 0) is 63.4 Å². The Balaban J connectivity index is 1.64. The number of amides is 1. The number of hydrogen-bond donors (Lipinski definition) is 2. The number of likely N-dealkylation sites (tertiary alicyclic amines) is 1. The number of nitrogens with one attached hydrogen (secondary N) is 2. The molecule has 0 unspecified atom stereocenters. The second kappa shape index (κ2) is 8.50. The third-order valence-electron chi connectivity index (χ3n) is 5.51. The van der Waals surface area contributed by atoms with Crippen molar-refractivity contribution in [2.45, 2.75) is 62.4 Å². The summed E-state index contributed by atoms with van der Waals surface area (Å²) in [5.74, 6) is -0.198. The molecule has 2 aliphatic rings. The maximum atomic E-state index is 12.7. The van der Waals surface area contributed by atoms with E-state index in [0.717, 1.165) is 45.2 Å². The molecular formula is C19H29N3O3S. The number of rotatable bonds is 7. The van der Waals surface area contributed by atoms with Gasteiger partial charge in [-0.15, -0.1) is 0 Å². The van der Waals surface area contributed by atoms with Crippen LogP contribution in [0.4, 0.5) is 0 Å². The quantitative estimate of drug-likeness (QED) is 0.761. The summed E-state index contributed by atoms with van der Waals surface area (Å²) < 4.78 is 28.1. The minimum Gasteiger partial charge on any atom is -0.349 e. The highest BCUT2D eigenvalue weighted by atomic mass is 32.2. The lowest BCUT2D eigenvalue weighted by Gasteiger charge is -2.34. The van der Waals surface area contributed by atoms with Crippen LogP contribution >= 0.6 is 0 Å². The van der Waals surface area contributed by atoms with Crippen LogP contribution in [-0.4, -0.2) is 50.9 Å². The zero-order valence-electron chi connectivity index (χ0n) is 15.4. The zero-order chi connectivity index (χ0) is 18.6. The Morgan fingerprint density at radius 2 is 2.00 bits per heavy atom. The van der Waals surface area contributed by atoms with Crippen LogP contribution < -0.4 is 10.0 Å². The molecule has 1 saturated carbocycles. The first-order valence-corrected chi connectivity index (χ1v) is 11.1. The van der Waals surface area contributed by atoms with Gasteiger partial charge in [0.2, 0.25) is 10.0 Å². The average molecular weight is 380 g/mol. The smallest absolute Gasteiger partial charge is 0.251 e. The summed E-state index contributed by atoms with van der Waals surface area (Å²) in [6.45, 7) is 4.48. The molecule has 0 aromatic heterocycles. The maximum absolute atomic E-state index is 12.7. The van der Waals surface area contributed by atoms with Gasteiger partial charge in [0, 0.05) is 24.2 Å². The van der Waals surface area contributed by atoms with Gasteiger partial charge in [-0.1, -0.05) is 19.4 Å². The van der Waals surface area contributed by atoms with Gasteiger partial charge in [-0.3, -0.25) is 9.69 Å². The number of carbonyl (C=O) groups is 1. The van der Waals surface area contributed by atoms with Gasteiger partial charge in [0.25, 0.3) is 5.91 Å². The summed E-state index contributed by atoms with van der Waals surface area (Å²) in [5, 5.41) is 2.95. The van der Waals surface area contributed by atoms with E-state index in [9.17, 15) is 13.2 Å². The van der Waals surface area contributed by atoms with Crippen molar-refractivity contribution in [3.05, 3.63) is 29.8 Å². The molecule has 7 heteroatoms. The third kappa shape index (κ3) is 4.64. The monoisotopic (exact) mass is 379 g/mol. The van der Waals surface area contributed by atoms with E-state index in [1.807, 2.05) is 0 Å². The fourth-order valence-electron chi connectivity index (χ4n) is 3.62. The molecule has 144 valence electrons. The number of likely N-dealkylation sites (N-methyl/N-ethyl adjacent to an activating group) is 1. The van der Waals surface area contributed by atoms with Crippen LogP contribution in [0.5, 0.6) is 0 Å². The molecule has 0 bridgehead atoms. The highest BCUT2D eigenvalue weighted by Crippen LogP contribution is 2.20. The van der Waals surface area contributed by atoms with Crippen molar-refractivity contribution in [1.29, 1.82) is 0 Å². The van der Waals surface area contributed by atoms with Crippen molar-refractivity contribution in [2.24, 2.45) is 0 Å². The predicted molar refractivity (Wildman–Crippen MR) is 102 cm³/mol. The van der Waals surface area contributed by atoms with Crippen molar-refractivity contribution in [2.75, 3.05) is 19.6 Å². The Labute approximate surface area is 156 Å². The van der Waals surface area contributed by atoms with Crippen LogP contribution in [0.15, 0.2) is 29.2 Å². The number of benzene rings is 1. The normalized spacial score (nSPS) is 22.0. The molecule has 1 saturated heterocycles. The topological polar surface area (TPSA) is 78.5 Å². The van der Waals surface area contributed by atoms with E-state index in [0.29, 0.717) is 12.1 Å². The Hall–Kier alpha value is -1.44. The van der Waals surface area contributed by atoms with Gasteiger partial charge in [0.1, 0.15) is 0 Å². The second-order valence-electron chi connectivity index (χ2n) is 7.26. The second-order valence-corrected chi connectivity index (χ2v) is 9.03. The molecule has 0 radical (unpaired) electrons. The summed E-state index contributed by atoms with van der Waals surface area (Å²) >= 11 is 0. The molecule has 26 heavy (non-hydrogen) atoms. The Morgan fingerprint density at radius 3 is 2.69 bits per heavy atom. The van der Waals surface area contributed by atoms with E-state index in [1.54, 1.807) is 18.2 Å². The molecule has 6 nitrogen and oxygen atoms in total. The standard InChI is InChI=1S/C19H29N3O3S/c1-2-22-12-4-3-10-17(22)14-20-26(24,25)18-11-5-7-15(13-18)19(23)21-16-8-6-9-16/h5,7,11,13,16-17,20H,2-4,6,8-10,12,14H2,1H3,(H,21,23)/t17-/m0/s1. The number of sulfonamides is 1. The van der Waals surface area contributed by atoms with Gasteiger partial charge in [-0.2, -0.15) is 0 Å². The average Bonchev–Trinajstić information content (AvgIpc) is 2.63. The molecule has 0 spiro atoms. The van der Waals surface area contributed by atoms with Gasteiger partial charge in [-0.25, -0.2) is 13.1 Å². The summed E-state index contributed by atoms with van der Waals surface area (Å²) in [7, 11) is -3.62. The summed E-state index contributed by atoms with van der Waals surface area (Å²) in [6, 6.07) is 6.77. The zero-order valence-corrected chi connectivity index (χ0v) is 16.2. The summed E-state index contributed by atoms with van der Waals surface area (Å²) in [5.41, 5.74) is 0.396. The van der Waals surface area contributed by atoms with Crippen molar-refractivity contribution in [3.8, 4) is 0 Å². The van der Waals surface area contributed by atoms with E-state index in [4.69, 9.17) is 0 Å². The lowest BCUT2D eigenvalue weighted by Crippen LogP contribution is -2.46. The molecule has 1 amide bonds. The molecule has 1 aromatic carbocycles. The highest BCUT2D eigenvalue weighted by molar-refractivity contribution is 7.89. The van der Waals surface area contributed by atoms with E-state index >= 15 is 0 Å². The first-order chi connectivity index (χ1) is 12.5. The van der Waals surface area contributed by atoms with E-state index in [2.05, 4.69) is 21.9 Å². The molecule has 2 fully saturated rings. The minimum absolute atomic E-state index is 0.151. The third-order valence-corrected chi connectivity index (χ3v) is 6.93. The first-order valence-electron chi connectivity index (χ1n) is 9.64. The SMILES string of the molecule is CCN1CCCC[C@H]1CNS(=O)(=O)c1cccc(C(=O)NC2CCC2)c1. The molecule has 3 rings (SSSR count). The van der Waals surface area contributed by atoms with Gasteiger partial charge in [0.15, 0.2) is 0 Å². The molecule has 1 atom stereocenters. The molecule has 2 N–H and O–H groups in total. The van der Waals surface area contributed by atoms with E-state index < -0.39 is 10.0 Å². The molecule has 1 heterocycles. The van der Waals surface area contributed by atoms with Crippen LogP contribution in [-0.2, 0) is 10.0 Å². The number of carbonyl (C=O) groups excluding carboxylic acids is 1. The van der Waals surface area contributed by atoms with Crippen molar-refractivity contribution < 1.29 is 13.2 Å². The summed E-state index contributed by atoms with van der Waals surface area (Å²) in [6.07, 6.45) is 6.47. The van der Waals surface area contributed by atoms with Crippen molar-refractivity contribution in [1.82, 2.24) is 14.9 Å². The van der Waals surface area contributed by atoms with Gasteiger partial charge < -0.3 is 5.32 Å². The van der Waals surface area contributed by atoms with Gasteiger partial charge >= 0.3 is 0 Å². The predicted octanol–water partition coefficient (Wildman–Crippen LogP) is 2.12. The van der Waals surface area contributed by atoms with Crippen LogP contribution in [0.1, 0.15) is 55.8 Å². The molecule has 1 aliphatic heterocycles. The first kappa shape index (κ1) is 19.3. The molecule has 1 aliphatic carbocycles. The lowest BCUT2D eigenvalue weighted by molar-refractivity contribution is 0.0916. The number of piperidine rings is 1. The van der Waals surface area contributed by atoms with Crippen LogP contribution in [0.2, 0.25) is 0 Å². The molecule has 1 aromatic rings. The lowest BCUT2D eigenvalue weighted by atomic mass is 9.93. The van der Waals surface area contributed by atoms with Crippen LogP contribution in [0.3, 0.4) is 0 Å². The Kier molecular flexibility index (Phi) is 6.32. The molecular weight excluding hydrogens is 350 g/mol. The van der Waals surface area contributed by atoms with Crippen LogP contribution in [0, 0.1) is 0 Å². The van der Waals surface area contributed by atoms with Crippen molar-refractivity contribution >= 4 is 15.9 Å². The Morgan fingerprint density at radius 1 is 1.19 bits per heavy atom. The fraction of sp³-hybridized carbons (Fsp3) is 0.632. The number of hydrogen-bond acceptors (Lipinski definition) is 4. The van der Waals surface area contributed by atoms with E-state index in [1.165, 1.54) is 12.5 Å². The van der Waals surface area contributed by atoms with Crippen molar-refractivity contribution in [3.63, 3.8) is 0 Å². The maximum Gasteiger partial charge on any atom is 0.251 e. The number of nitrogens with zero attached hydrogens (tertiary/aromatic N) is 1. The largest absolute Gasteiger partial charge is 0.349 e. The summed E-state index contributed by atoms with van der Waals surface area (Å²) in [4.78, 5) is 14.8. The fourth-order valence-corrected chi connectivity index (χ4v) is 4.74. The van der Waals surface area contributed by atoms with Crippen LogP contribution in [0.25, 0.3) is 0 Å². The van der Waals surface area contributed by atoms with Gasteiger partial charge in [0.05, 0.1) is 4.90 Å². The van der Waals surface area contributed by atoms with E-state index in [-0.39, 0.29) is 22.9 Å².